The normalized spacial score (nSPS) is 44.8. The molecule has 2 aliphatic heterocycles. The molecule has 15 nitrogen and oxygen atoms in total. The van der Waals surface area contributed by atoms with E-state index in [0.29, 0.717) is 6.42 Å². The molecule has 12 N–H and O–H groups in total. The van der Waals surface area contributed by atoms with Crippen LogP contribution in [0.2, 0.25) is 0 Å². The van der Waals surface area contributed by atoms with E-state index in [1.165, 1.54) is 6.92 Å². The van der Waals surface area contributed by atoms with Crippen LogP contribution >= 0.6 is 0 Å². The molecular formula is C26H50N4O11. The molecule has 0 amide bonds. The highest BCUT2D eigenvalue weighted by molar-refractivity contribution is 5.85. The second kappa shape index (κ2) is 14.6. The van der Waals surface area contributed by atoms with Gasteiger partial charge in [-0.15, -0.1) is 0 Å². The number of hydrogen-bond acceptors (Lipinski definition) is 14. The molecule has 15 heteroatoms. The summed E-state index contributed by atoms with van der Waals surface area (Å²) in [5.74, 6) is -0.788. The first kappa shape index (κ1) is 34.4. The van der Waals surface area contributed by atoms with E-state index in [-0.39, 0.29) is 25.0 Å². The van der Waals surface area contributed by atoms with Crippen LogP contribution in [0, 0.1) is 5.92 Å². The van der Waals surface area contributed by atoms with Gasteiger partial charge in [0, 0.05) is 0 Å². The van der Waals surface area contributed by atoms with Crippen molar-refractivity contribution in [1.29, 1.82) is 0 Å². The van der Waals surface area contributed by atoms with E-state index in [0.717, 1.165) is 12.8 Å². The third-order valence-electron chi connectivity index (χ3n) is 8.43. The summed E-state index contributed by atoms with van der Waals surface area (Å²) >= 11 is 0. The van der Waals surface area contributed by atoms with Crippen LogP contribution in [0.25, 0.3) is 0 Å². The Morgan fingerprint density at radius 2 is 1.78 bits per heavy atom. The Kier molecular flexibility index (Phi) is 12.3. The molecule has 2 heterocycles. The van der Waals surface area contributed by atoms with Gasteiger partial charge in [0.2, 0.25) is 0 Å². The molecule has 41 heavy (non-hydrogen) atoms. The molecule has 9 unspecified atom stereocenters. The summed E-state index contributed by atoms with van der Waals surface area (Å²) in [7, 11) is 1.57. The Hall–Kier alpha value is -1.05. The second-order valence-corrected chi connectivity index (χ2v) is 11.8. The van der Waals surface area contributed by atoms with Crippen LogP contribution < -0.4 is 16.8 Å². The van der Waals surface area contributed by atoms with Crippen molar-refractivity contribution in [2.75, 3.05) is 20.3 Å². The van der Waals surface area contributed by atoms with E-state index in [9.17, 15) is 30.6 Å². The van der Waals surface area contributed by atoms with E-state index in [1.807, 2.05) is 13.8 Å². The third kappa shape index (κ3) is 7.92. The Bertz CT molecular complexity index is 854. The minimum atomic E-state index is -1.82. The summed E-state index contributed by atoms with van der Waals surface area (Å²) in [5.41, 5.74) is 10.9. The van der Waals surface area contributed by atoms with Crippen molar-refractivity contribution in [1.82, 2.24) is 5.32 Å². The fourth-order valence-corrected chi connectivity index (χ4v) is 5.86. The molecule has 0 spiro atoms. The molecular weight excluding hydrogens is 544 g/mol. The van der Waals surface area contributed by atoms with Gasteiger partial charge in [-0.05, 0) is 45.6 Å². The van der Waals surface area contributed by atoms with Gasteiger partial charge in [0.15, 0.2) is 12.6 Å². The standard InChI is InChI=1S/C26H50N4O11/c1-5-12-6-7-13(27)24(39-12)40-20-11(2)8-14(30-23(28)17(34)16(33)15(32)9-31)21(18(20)35)41-25-19(36)22(29-4)26(3,37)10-38-25/h11-22,24-25,29,31-37H,5-10,27H2,1-4H3,(H2,28,30)/t11-,12+,13?,14+,15?,16?,17?,18?,19?,20?,21?,22+,24+,25+,26?/m0/s1. The molecule has 240 valence electrons. The highest BCUT2D eigenvalue weighted by Crippen LogP contribution is 2.36. The van der Waals surface area contributed by atoms with E-state index in [1.54, 1.807) is 7.05 Å². The maximum absolute atomic E-state index is 11.6. The van der Waals surface area contributed by atoms with Gasteiger partial charge < -0.3 is 71.5 Å². The van der Waals surface area contributed by atoms with Gasteiger partial charge in [-0.2, -0.15) is 0 Å². The summed E-state index contributed by atoms with van der Waals surface area (Å²) < 4.78 is 24.0. The maximum atomic E-state index is 11.6. The van der Waals surface area contributed by atoms with E-state index in [4.69, 9.17) is 35.5 Å². The number of nitrogens with one attached hydrogen (secondary N) is 1. The van der Waals surface area contributed by atoms with Crippen molar-refractivity contribution in [2.24, 2.45) is 22.4 Å². The van der Waals surface area contributed by atoms with Crippen LogP contribution in [0.5, 0.6) is 0 Å². The molecule has 3 fully saturated rings. The average Bonchev–Trinajstić information content (AvgIpc) is 2.93. The summed E-state index contributed by atoms with van der Waals surface area (Å²) in [6.45, 7) is 4.35. The number of aliphatic imine (C=N–C) groups is 1. The quantitative estimate of drug-likeness (QED) is 0.0815. The molecule has 15 atom stereocenters. The zero-order valence-corrected chi connectivity index (χ0v) is 24.2. The third-order valence-corrected chi connectivity index (χ3v) is 8.43. The number of amidine groups is 1. The summed E-state index contributed by atoms with van der Waals surface area (Å²) in [4.78, 5) is 4.33. The minimum absolute atomic E-state index is 0.0284. The Morgan fingerprint density at radius 1 is 1.12 bits per heavy atom. The van der Waals surface area contributed by atoms with Crippen LogP contribution in [0.4, 0.5) is 0 Å². The number of aliphatic hydroxyl groups excluding tert-OH is 6. The zero-order valence-electron chi connectivity index (χ0n) is 24.2. The average molecular weight is 595 g/mol. The molecule has 0 radical (unpaired) electrons. The van der Waals surface area contributed by atoms with E-state index < -0.39 is 91.5 Å². The number of aliphatic hydroxyl groups is 7. The van der Waals surface area contributed by atoms with Gasteiger partial charge in [0.05, 0.1) is 43.5 Å². The predicted octanol–water partition coefficient (Wildman–Crippen LogP) is -3.74. The summed E-state index contributed by atoms with van der Waals surface area (Å²) in [6, 6.07) is -2.14. The second-order valence-electron chi connectivity index (χ2n) is 11.8. The van der Waals surface area contributed by atoms with Crippen molar-refractivity contribution >= 4 is 5.84 Å². The van der Waals surface area contributed by atoms with Crippen LogP contribution in [0.3, 0.4) is 0 Å². The lowest BCUT2D eigenvalue weighted by Crippen LogP contribution is -2.67. The largest absolute Gasteiger partial charge is 0.394 e. The molecule has 2 saturated heterocycles. The molecule has 3 aliphatic rings. The fourth-order valence-electron chi connectivity index (χ4n) is 5.86. The Morgan fingerprint density at radius 3 is 2.39 bits per heavy atom. The molecule has 3 rings (SSSR count). The number of rotatable bonds is 11. The Labute approximate surface area is 240 Å². The van der Waals surface area contributed by atoms with Crippen molar-refractivity contribution in [3.8, 4) is 0 Å². The van der Waals surface area contributed by atoms with Crippen LogP contribution in [-0.4, -0.2) is 147 Å². The topological polar surface area (TPSA) is 255 Å². The molecule has 0 aromatic carbocycles. The summed E-state index contributed by atoms with van der Waals surface area (Å²) in [5, 5.41) is 75.4. The van der Waals surface area contributed by atoms with Crippen LogP contribution in [0.1, 0.15) is 46.5 Å². The molecule has 0 bridgehead atoms. The number of nitrogens with two attached hydrogens (primary N) is 2. The lowest BCUT2D eigenvalue weighted by molar-refractivity contribution is -0.309. The lowest BCUT2D eigenvalue weighted by Gasteiger charge is -2.48. The first-order valence-electron chi connectivity index (χ1n) is 14.3. The minimum Gasteiger partial charge on any atom is -0.394 e. The number of nitrogens with zero attached hydrogens (tertiary/aromatic N) is 1. The van der Waals surface area contributed by atoms with Gasteiger partial charge >= 0.3 is 0 Å². The maximum Gasteiger partial charge on any atom is 0.185 e. The van der Waals surface area contributed by atoms with Gasteiger partial charge in [-0.25, -0.2) is 0 Å². The van der Waals surface area contributed by atoms with Crippen LogP contribution in [0.15, 0.2) is 4.99 Å². The number of likely N-dealkylation sites (N-methyl/N-ethyl adjacent to an activating group) is 1. The predicted molar refractivity (Wildman–Crippen MR) is 145 cm³/mol. The van der Waals surface area contributed by atoms with Crippen molar-refractivity contribution < 1.29 is 54.7 Å². The first-order valence-corrected chi connectivity index (χ1v) is 14.3. The van der Waals surface area contributed by atoms with E-state index >= 15 is 0 Å². The molecule has 0 aromatic rings. The van der Waals surface area contributed by atoms with Crippen molar-refractivity contribution in [2.45, 2.75) is 132 Å². The van der Waals surface area contributed by atoms with Gasteiger partial charge in [0.25, 0.3) is 0 Å². The Balaban J connectivity index is 1.88. The first-order chi connectivity index (χ1) is 19.2. The highest BCUT2D eigenvalue weighted by Gasteiger charge is 2.51. The highest BCUT2D eigenvalue weighted by atomic mass is 16.7. The fraction of sp³-hybridized carbons (Fsp3) is 0.962. The van der Waals surface area contributed by atoms with Crippen molar-refractivity contribution in [3.63, 3.8) is 0 Å². The van der Waals surface area contributed by atoms with Crippen LogP contribution in [-0.2, 0) is 18.9 Å². The molecule has 0 aromatic heterocycles. The number of ether oxygens (including phenoxy) is 4. The lowest BCUT2D eigenvalue weighted by atomic mass is 9.80. The number of hydrogen-bond donors (Lipinski definition) is 10. The monoisotopic (exact) mass is 594 g/mol. The molecule has 1 aliphatic carbocycles. The summed E-state index contributed by atoms with van der Waals surface area (Å²) in [6.07, 6.45) is -9.59. The van der Waals surface area contributed by atoms with Gasteiger partial charge in [-0.3, -0.25) is 4.99 Å². The van der Waals surface area contributed by atoms with Crippen molar-refractivity contribution in [3.05, 3.63) is 0 Å². The smallest absolute Gasteiger partial charge is 0.185 e. The SMILES string of the molecule is CC[C@@H]1CCC(N)[C@@H](OC2C(O)C(O[C@H]3OCC(C)(O)[C@H](NC)C3O)[C@H](N=C(N)C(O)C(O)C(O)CO)C[C@@H]2C)O1. The van der Waals surface area contributed by atoms with E-state index in [2.05, 4.69) is 10.3 Å². The zero-order chi connectivity index (χ0) is 30.6. The molecule has 1 saturated carbocycles. The van der Waals surface area contributed by atoms with Gasteiger partial charge in [0.1, 0.15) is 48.1 Å². The van der Waals surface area contributed by atoms with Gasteiger partial charge in [-0.1, -0.05) is 13.8 Å².